The van der Waals surface area contributed by atoms with Gasteiger partial charge in [-0.3, -0.25) is 4.79 Å². The fraction of sp³-hybridized carbons (Fsp3) is 0.231. The Hall–Kier alpha value is -1.33. The van der Waals surface area contributed by atoms with Crippen molar-refractivity contribution >= 4 is 29.0 Å². The molecule has 0 fully saturated rings. The maximum absolute atomic E-state index is 12.1. The highest BCUT2D eigenvalue weighted by Crippen LogP contribution is 2.19. The van der Waals surface area contributed by atoms with Crippen LogP contribution in [0.2, 0.25) is 0 Å². The van der Waals surface area contributed by atoms with Crippen molar-refractivity contribution < 1.29 is 4.79 Å². The van der Waals surface area contributed by atoms with Gasteiger partial charge in [0, 0.05) is 16.0 Å². The molecule has 0 saturated heterocycles. The largest absolute Gasteiger partial charge is 0.345 e. The van der Waals surface area contributed by atoms with Gasteiger partial charge in [-0.2, -0.15) is 0 Å². The number of nitrogens with one attached hydrogen (secondary N) is 1. The molecule has 1 aromatic heterocycles. The number of aryl methyl sites for hydroxylation is 1. The number of carbonyl (C=O) groups is 1. The predicted molar refractivity (Wildman–Crippen MR) is 76.2 cm³/mol. The van der Waals surface area contributed by atoms with E-state index < -0.39 is 0 Å². The predicted octanol–water partition coefficient (Wildman–Crippen LogP) is 3.10. The number of aromatic nitrogens is 1. The minimum Gasteiger partial charge on any atom is -0.345 e. The Morgan fingerprint density at radius 3 is 2.89 bits per heavy atom. The summed E-state index contributed by atoms with van der Waals surface area (Å²) in [4.78, 5) is 18.4. The van der Waals surface area contributed by atoms with Crippen LogP contribution in [0, 0.1) is 6.92 Å². The van der Waals surface area contributed by atoms with Crippen molar-refractivity contribution in [3.63, 3.8) is 0 Å². The quantitative estimate of drug-likeness (QED) is 0.874. The molecule has 0 bridgehead atoms. The van der Waals surface area contributed by atoms with Gasteiger partial charge in [-0.1, -0.05) is 12.1 Å². The molecule has 1 heterocycles. The van der Waals surface area contributed by atoms with E-state index >= 15 is 0 Å². The van der Waals surface area contributed by atoms with Crippen LogP contribution < -0.4 is 5.32 Å². The fourth-order valence-electron chi connectivity index (χ4n) is 1.57. The highest BCUT2D eigenvalue weighted by Gasteiger charge is 2.10. The summed E-state index contributed by atoms with van der Waals surface area (Å²) in [6.45, 7) is 2.49. The smallest absolute Gasteiger partial charge is 0.252 e. The van der Waals surface area contributed by atoms with Crippen molar-refractivity contribution in [3.8, 4) is 0 Å². The van der Waals surface area contributed by atoms with E-state index in [9.17, 15) is 4.79 Å². The zero-order valence-electron chi connectivity index (χ0n) is 10.3. The molecule has 2 rings (SSSR count). The Kier molecular flexibility index (Phi) is 4.38. The number of thiazole rings is 1. The van der Waals surface area contributed by atoms with Gasteiger partial charge in [-0.25, -0.2) is 4.98 Å². The van der Waals surface area contributed by atoms with Crippen LogP contribution in [0.15, 0.2) is 35.4 Å². The summed E-state index contributed by atoms with van der Waals surface area (Å²) < 4.78 is 0. The summed E-state index contributed by atoms with van der Waals surface area (Å²) in [5, 5.41) is 3.83. The summed E-state index contributed by atoms with van der Waals surface area (Å²) in [5.41, 5.74) is 0.721. The van der Waals surface area contributed by atoms with Crippen LogP contribution in [0.3, 0.4) is 0 Å². The van der Waals surface area contributed by atoms with Crippen LogP contribution in [0.1, 0.15) is 20.2 Å². The van der Waals surface area contributed by atoms with E-state index in [1.54, 1.807) is 23.1 Å². The highest BCUT2D eigenvalue weighted by molar-refractivity contribution is 7.98. The minimum absolute atomic E-state index is 0.0483. The summed E-state index contributed by atoms with van der Waals surface area (Å²) in [7, 11) is 0. The third kappa shape index (κ3) is 3.11. The van der Waals surface area contributed by atoms with E-state index in [1.165, 1.54) is 0 Å². The van der Waals surface area contributed by atoms with Crippen LogP contribution >= 0.6 is 23.1 Å². The van der Waals surface area contributed by atoms with Gasteiger partial charge < -0.3 is 5.32 Å². The lowest BCUT2D eigenvalue weighted by molar-refractivity contribution is 0.0948. The molecule has 0 spiro atoms. The van der Waals surface area contributed by atoms with E-state index in [2.05, 4.69) is 10.3 Å². The number of thioether (sulfide) groups is 1. The Morgan fingerprint density at radius 1 is 1.44 bits per heavy atom. The number of rotatable bonds is 4. The van der Waals surface area contributed by atoms with Crippen LogP contribution in [0.4, 0.5) is 0 Å². The minimum atomic E-state index is -0.0483. The molecule has 0 atom stereocenters. The second-order valence-electron chi connectivity index (χ2n) is 3.75. The average Bonchev–Trinajstić information content (AvgIpc) is 2.81. The lowest BCUT2D eigenvalue weighted by Gasteiger charge is -2.07. The average molecular weight is 278 g/mol. The monoisotopic (exact) mass is 278 g/mol. The second-order valence-corrected chi connectivity index (χ2v) is 5.92. The molecule has 1 aromatic carbocycles. The molecule has 0 aliphatic carbocycles. The standard InChI is InChI=1S/C13H14N2OS2/c1-9-7-14-12(18-9)8-15-13(16)10-5-3-4-6-11(10)17-2/h3-7H,8H2,1-2H3,(H,15,16). The SMILES string of the molecule is CSc1ccccc1C(=O)NCc1ncc(C)s1. The molecule has 0 saturated carbocycles. The van der Waals surface area contributed by atoms with E-state index in [0.29, 0.717) is 6.54 Å². The van der Waals surface area contributed by atoms with E-state index in [-0.39, 0.29) is 5.91 Å². The molecule has 1 N–H and O–H groups in total. The molecule has 2 aromatic rings. The van der Waals surface area contributed by atoms with Gasteiger partial charge in [0.05, 0.1) is 12.1 Å². The molecular formula is C13H14N2OS2. The Balaban J connectivity index is 2.03. The molecule has 3 nitrogen and oxygen atoms in total. The third-order valence-corrected chi connectivity index (χ3v) is 4.13. The van der Waals surface area contributed by atoms with Crippen molar-refractivity contribution in [2.24, 2.45) is 0 Å². The molecule has 0 unspecified atom stereocenters. The van der Waals surface area contributed by atoms with Gasteiger partial charge in [-0.15, -0.1) is 23.1 Å². The highest BCUT2D eigenvalue weighted by atomic mass is 32.2. The summed E-state index contributed by atoms with van der Waals surface area (Å²) >= 11 is 3.18. The first-order chi connectivity index (χ1) is 8.70. The van der Waals surface area contributed by atoms with Crippen LogP contribution in [0.25, 0.3) is 0 Å². The van der Waals surface area contributed by atoms with Gasteiger partial charge >= 0.3 is 0 Å². The van der Waals surface area contributed by atoms with Crippen LogP contribution in [0.5, 0.6) is 0 Å². The van der Waals surface area contributed by atoms with Crippen LogP contribution in [-0.2, 0) is 6.54 Å². The van der Waals surface area contributed by atoms with Crippen molar-refractivity contribution in [3.05, 3.63) is 45.9 Å². The Morgan fingerprint density at radius 2 is 2.22 bits per heavy atom. The molecule has 94 valence electrons. The first-order valence-corrected chi connectivity index (χ1v) is 7.57. The molecule has 5 heteroatoms. The number of benzene rings is 1. The van der Waals surface area contributed by atoms with Crippen molar-refractivity contribution in [1.82, 2.24) is 10.3 Å². The lowest BCUT2D eigenvalue weighted by atomic mass is 10.2. The first-order valence-electron chi connectivity index (χ1n) is 5.53. The van der Waals surface area contributed by atoms with E-state index in [4.69, 9.17) is 0 Å². The molecule has 0 radical (unpaired) electrons. The van der Waals surface area contributed by atoms with Crippen molar-refractivity contribution in [2.45, 2.75) is 18.4 Å². The lowest BCUT2D eigenvalue weighted by Crippen LogP contribution is -2.23. The molecule has 1 amide bonds. The number of amides is 1. The van der Waals surface area contributed by atoms with Gasteiger partial charge in [-0.05, 0) is 25.3 Å². The van der Waals surface area contributed by atoms with Crippen molar-refractivity contribution in [1.29, 1.82) is 0 Å². The zero-order chi connectivity index (χ0) is 13.0. The van der Waals surface area contributed by atoms with E-state index in [0.717, 1.165) is 20.3 Å². The Bertz CT molecular complexity index is 551. The number of nitrogens with zero attached hydrogens (tertiary/aromatic N) is 1. The molecule has 0 aliphatic rings. The van der Waals surface area contributed by atoms with Gasteiger partial charge in [0.15, 0.2) is 0 Å². The van der Waals surface area contributed by atoms with Gasteiger partial charge in [0.1, 0.15) is 5.01 Å². The normalized spacial score (nSPS) is 10.3. The summed E-state index contributed by atoms with van der Waals surface area (Å²) in [5.74, 6) is -0.0483. The maximum atomic E-state index is 12.1. The van der Waals surface area contributed by atoms with Crippen LogP contribution in [-0.4, -0.2) is 17.1 Å². The fourth-order valence-corrected chi connectivity index (χ4v) is 2.89. The number of hydrogen-bond donors (Lipinski definition) is 1. The number of carbonyl (C=O) groups excluding carboxylic acids is 1. The topological polar surface area (TPSA) is 42.0 Å². The maximum Gasteiger partial charge on any atom is 0.252 e. The number of hydrogen-bond acceptors (Lipinski definition) is 4. The summed E-state index contributed by atoms with van der Waals surface area (Å²) in [6.07, 6.45) is 3.79. The molecule has 18 heavy (non-hydrogen) atoms. The third-order valence-electron chi connectivity index (χ3n) is 2.42. The van der Waals surface area contributed by atoms with E-state index in [1.807, 2.05) is 43.6 Å². The van der Waals surface area contributed by atoms with Gasteiger partial charge in [0.25, 0.3) is 5.91 Å². The Labute approximate surface area is 115 Å². The zero-order valence-corrected chi connectivity index (χ0v) is 11.9. The second kappa shape index (κ2) is 6.02. The molecule has 0 aliphatic heterocycles. The van der Waals surface area contributed by atoms with Crippen molar-refractivity contribution in [2.75, 3.05) is 6.26 Å². The van der Waals surface area contributed by atoms with Gasteiger partial charge in [0.2, 0.25) is 0 Å². The first kappa shape index (κ1) is 13.1. The summed E-state index contributed by atoms with van der Waals surface area (Å²) in [6, 6.07) is 7.61. The molecular weight excluding hydrogens is 264 g/mol.